The summed E-state index contributed by atoms with van der Waals surface area (Å²) in [4.78, 5) is 27.0. The highest BCUT2D eigenvalue weighted by Gasteiger charge is 2.34. The first-order valence-corrected chi connectivity index (χ1v) is 13.1. The normalized spacial score (nSPS) is 21.3. The van der Waals surface area contributed by atoms with E-state index >= 15 is 0 Å². The lowest BCUT2D eigenvalue weighted by Crippen LogP contribution is -2.54. The zero-order chi connectivity index (χ0) is 25.4. The van der Waals surface area contributed by atoms with Gasteiger partial charge in [-0.15, -0.1) is 11.3 Å². The van der Waals surface area contributed by atoms with Gasteiger partial charge in [0.05, 0.1) is 21.8 Å². The van der Waals surface area contributed by atoms with E-state index in [2.05, 4.69) is 21.0 Å². The molecule has 2 amide bonds. The summed E-state index contributed by atoms with van der Waals surface area (Å²) in [6.45, 7) is 1.16. The zero-order valence-corrected chi connectivity index (χ0v) is 21.2. The summed E-state index contributed by atoms with van der Waals surface area (Å²) in [5, 5.41) is 13.9. The van der Waals surface area contributed by atoms with Crippen molar-refractivity contribution >= 4 is 34.8 Å². The summed E-state index contributed by atoms with van der Waals surface area (Å²) >= 11 is 7.84. The van der Waals surface area contributed by atoms with E-state index in [-0.39, 0.29) is 36.2 Å². The molecule has 7 nitrogen and oxygen atoms in total. The summed E-state index contributed by atoms with van der Waals surface area (Å²) in [7, 11) is 1.57. The molecule has 0 aliphatic carbocycles. The minimum atomic E-state index is -0.936. The second-order valence-electron chi connectivity index (χ2n) is 9.19. The van der Waals surface area contributed by atoms with Crippen molar-refractivity contribution < 1.29 is 18.4 Å². The van der Waals surface area contributed by atoms with Crippen LogP contribution in [-0.2, 0) is 17.8 Å². The molecule has 1 saturated heterocycles. The van der Waals surface area contributed by atoms with Gasteiger partial charge in [0, 0.05) is 55.0 Å². The highest BCUT2D eigenvalue weighted by molar-refractivity contribution is 7.14. The number of aryl methyl sites for hydroxylation is 2. The van der Waals surface area contributed by atoms with Gasteiger partial charge >= 0.3 is 0 Å². The van der Waals surface area contributed by atoms with Gasteiger partial charge in [-0.25, -0.2) is 8.78 Å². The Morgan fingerprint density at radius 3 is 2.89 bits per heavy atom. The molecule has 1 aromatic carbocycles. The number of nitrogens with one attached hydrogen (secondary N) is 3. The Bertz CT molecular complexity index is 1310. The molecule has 2 aromatic heterocycles. The number of aromatic nitrogens is 2. The SMILES string of the molecule is CNC(=O)C[C@@H]1C[C@@H](c2ccc(F)c(F)c2)[C@H](NC(=O)c2cc3c(s2)CCCn2ncc(Cl)c2-3)CN1. The number of thiophene rings is 1. The van der Waals surface area contributed by atoms with Gasteiger partial charge in [0.1, 0.15) is 0 Å². The van der Waals surface area contributed by atoms with Crippen molar-refractivity contribution in [2.24, 2.45) is 0 Å². The lowest BCUT2D eigenvalue weighted by molar-refractivity contribution is -0.121. The maximum Gasteiger partial charge on any atom is 0.261 e. The van der Waals surface area contributed by atoms with E-state index in [0.29, 0.717) is 28.4 Å². The molecule has 5 rings (SSSR count). The van der Waals surface area contributed by atoms with Crippen molar-refractivity contribution in [3.8, 4) is 11.3 Å². The van der Waals surface area contributed by atoms with Gasteiger partial charge in [-0.2, -0.15) is 5.10 Å². The Morgan fingerprint density at radius 1 is 1.28 bits per heavy atom. The van der Waals surface area contributed by atoms with Crippen LogP contribution in [0.5, 0.6) is 0 Å². The Morgan fingerprint density at radius 2 is 2.11 bits per heavy atom. The first-order chi connectivity index (χ1) is 17.3. The molecule has 0 bridgehead atoms. The third-order valence-corrected chi connectivity index (χ3v) is 8.38. The van der Waals surface area contributed by atoms with Crippen molar-refractivity contribution in [2.75, 3.05) is 13.6 Å². The molecular weight excluding hydrogens is 508 g/mol. The lowest BCUT2D eigenvalue weighted by atomic mass is 9.81. The van der Waals surface area contributed by atoms with Crippen LogP contribution in [0.4, 0.5) is 8.78 Å². The number of nitrogens with zero attached hydrogens (tertiary/aromatic N) is 2. The molecule has 4 heterocycles. The van der Waals surface area contributed by atoms with Gasteiger partial charge in [0.15, 0.2) is 11.6 Å². The number of rotatable bonds is 5. The number of carbonyl (C=O) groups excluding carboxylic acids is 2. The molecule has 0 saturated carbocycles. The average Bonchev–Trinajstić information content (AvgIpc) is 3.40. The minimum Gasteiger partial charge on any atom is -0.359 e. The second kappa shape index (κ2) is 10.3. The lowest BCUT2D eigenvalue weighted by Gasteiger charge is -2.37. The number of carbonyl (C=O) groups is 2. The maximum absolute atomic E-state index is 14.1. The fourth-order valence-electron chi connectivity index (χ4n) is 5.09. The molecule has 11 heteroatoms. The van der Waals surface area contributed by atoms with Gasteiger partial charge in [-0.05, 0) is 43.0 Å². The number of amides is 2. The van der Waals surface area contributed by atoms with Gasteiger partial charge < -0.3 is 16.0 Å². The van der Waals surface area contributed by atoms with Crippen molar-refractivity contribution in [3.63, 3.8) is 0 Å². The van der Waals surface area contributed by atoms with E-state index in [9.17, 15) is 18.4 Å². The molecule has 3 atom stereocenters. The standard InChI is InChI=1S/C25H26ClF2N5O2S/c1-29-23(34)9-14-8-15(13-4-5-18(27)19(28)7-13)20(12-30-14)32-25(35)22-10-16-21(36-22)3-2-6-33-24(16)17(26)11-31-33/h4-5,7,10-11,14-15,20,30H,2-3,6,8-9,12H2,1H3,(H,29,34)(H,32,35)/t14-,15-,20+/m0/s1. The van der Waals surface area contributed by atoms with E-state index in [1.54, 1.807) is 19.3 Å². The smallest absolute Gasteiger partial charge is 0.261 e. The molecule has 0 unspecified atom stereocenters. The largest absolute Gasteiger partial charge is 0.359 e. The summed E-state index contributed by atoms with van der Waals surface area (Å²) < 4.78 is 29.6. The first kappa shape index (κ1) is 24.9. The van der Waals surface area contributed by atoms with Gasteiger partial charge in [0.25, 0.3) is 5.91 Å². The Labute approximate surface area is 216 Å². The van der Waals surface area contributed by atoms with Gasteiger partial charge in [-0.3, -0.25) is 14.3 Å². The highest BCUT2D eigenvalue weighted by atomic mass is 35.5. The van der Waals surface area contributed by atoms with E-state index < -0.39 is 11.6 Å². The first-order valence-electron chi connectivity index (χ1n) is 11.9. The predicted octanol–water partition coefficient (Wildman–Crippen LogP) is 3.87. The van der Waals surface area contributed by atoms with E-state index in [1.807, 2.05) is 10.7 Å². The fraction of sp³-hybridized carbons (Fsp3) is 0.400. The molecule has 3 aromatic rings. The molecule has 2 aliphatic heterocycles. The summed E-state index contributed by atoms with van der Waals surface area (Å²) in [6.07, 6.45) is 4.09. The Balaban J connectivity index is 1.39. The van der Waals surface area contributed by atoms with Gasteiger partial charge in [-0.1, -0.05) is 17.7 Å². The molecule has 3 N–H and O–H groups in total. The van der Waals surface area contributed by atoms with Crippen LogP contribution >= 0.6 is 22.9 Å². The summed E-state index contributed by atoms with van der Waals surface area (Å²) in [5.74, 6) is -2.51. The van der Waals surface area contributed by atoms with Crippen LogP contribution in [-0.4, -0.2) is 47.3 Å². The van der Waals surface area contributed by atoms with Crippen LogP contribution < -0.4 is 16.0 Å². The minimum absolute atomic E-state index is 0.114. The topological polar surface area (TPSA) is 88.1 Å². The number of hydrogen-bond donors (Lipinski definition) is 3. The molecule has 1 fully saturated rings. The van der Waals surface area contributed by atoms with Crippen molar-refractivity contribution in [1.29, 1.82) is 0 Å². The van der Waals surface area contributed by atoms with Crippen LogP contribution in [0.25, 0.3) is 11.3 Å². The van der Waals surface area contributed by atoms with E-state index in [1.165, 1.54) is 17.4 Å². The summed E-state index contributed by atoms with van der Waals surface area (Å²) in [5.41, 5.74) is 2.34. The third-order valence-electron chi connectivity index (χ3n) is 6.91. The average molecular weight is 534 g/mol. The molecule has 2 aliphatic rings. The van der Waals surface area contributed by atoms with E-state index in [0.717, 1.165) is 41.6 Å². The molecule has 0 radical (unpaired) electrons. The Hall–Kier alpha value is -2.82. The van der Waals surface area contributed by atoms with Crippen LogP contribution in [0.3, 0.4) is 0 Å². The molecule has 36 heavy (non-hydrogen) atoms. The van der Waals surface area contributed by atoms with Crippen LogP contribution in [0, 0.1) is 11.6 Å². The monoisotopic (exact) mass is 533 g/mol. The van der Waals surface area contributed by atoms with Crippen molar-refractivity contribution in [2.45, 2.75) is 50.2 Å². The summed E-state index contributed by atoms with van der Waals surface area (Å²) in [6, 6.07) is 5.15. The van der Waals surface area contributed by atoms with Crippen molar-refractivity contribution in [1.82, 2.24) is 25.7 Å². The highest BCUT2D eigenvalue weighted by Crippen LogP contribution is 2.39. The predicted molar refractivity (Wildman–Crippen MR) is 134 cm³/mol. The molecule has 0 spiro atoms. The van der Waals surface area contributed by atoms with Crippen molar-refractivity contribution in [3.05, 3.63) is 62.4 Å². The molecule has 190 valence electrons. The molecular formula is C25H26ClF2N5O2S. The number of benzene rings is 1. The number of piperidine rings is 1. The number of halogens is 3. The maximum atomic E-state index is 14.1. The third kappa shape index (κ3) is 4.89. The fourth-order valence-corrected chi connectivity index (χ4v) is 6.44. The van der Waals surface area contributed by atoms with Crippen LogP contribution in [0.15, 0.2) is 30.5 Å². The Kier molecular flexibility index (Phi) is 7.09. The van der Waals surface area contributed by atoms with Crippen LogP contribution in [0.2, 0.25) is 5.02 Å². The van der Waals surface area contributed by atoms with E-state index in [4.69, 9.17) is 11.6 Å². The van der Waals surface area contributed by atoms with Crippen LogP contribution in [0.1, 0.15) is 45.3 Å². The van der Waals surface area contributed by atoms with Gasteiger partial charge in [0.2, 0.25) is 5.91 Å². The second-order valence-corrected chi connectivity index (χ2v) is 10.7. The number of fused-ring (bicyclic) bond motifs is 3. The quantitative estimate of drug-likeness (QED) is 0.464. The zero-order valence-electron chi connectivity index (χ0n) is 19.6. The number of hydrogen-bond acceptors (Lipinski definition) is 5.